The summed E-state index contributed by atoms with van der Waals surface area (Å²) in [4.78, 5) is 10.7. The first-order valence-electron chi connectivity index (χ1n) is 3.71. The van der Waals surface area contributed by atoms with E-state index >= 15 is 0 Å². The Hall–Kier alpha value is -0.610. The molecule has 0 bridgehead atoms. The van der Waals surface area contributed by atoms with Crippen LogP contribution in [0.15, 0.2) is 0 Å². The Morgan fingerprint density at radius 3 is 2.45 bits per heavy atom. The van der Waals surface area contributed by atoms with E-state index in [1.165, 1.54) is 6.92 Å². The average Bonchev–Trinajstić information content (AvgIpc) is 1.99. The molecular weight excluding hydrogens is 146 g/mol. The van der Waals surface area contributed by atoms with E-state index in [0.717, 1.165) is 0 Å². The van der Waals surface area contributed by atoms with Crippen molar-refractivity contribution in [2.75, 3.05) is 6.54 Å². The van der Waals surface area contributed by atoms with Gasteiger partial charge < -0.3 is 15.5 Å². The molecule has 4 nitrogen and oxygen atoms in total. The second-order valence-electron chi connectivity index (χ2n) is 2.48. The molecule has 0 saturated heterocycles. The summed E-state index contributed by atoms with van der Waals surface area (Å²) in [7, 11) is 0. The number of amides is 1. The van der Waals surface area contributed by atoms with Crippen LogP contribution in [0.25, 0.3) is 0 Å². The van der Waals surface area contributed by atoms with Crippen molar-refractivity contribution in [2.24, 2.45) is 0 Å². The van der Waals surface area contributed by atoms with Crippen LogP contribution < -0.4 is 5.32 Å². The monoisotopic (exact) mass is 161 g/mol. The predicted molar refractivity (Wildman–Crippen MR) is 41.0 cm³/mol. The van der Waals surface area contributed by atoms with Gasteiger partial charge in [-0.1, -0.05) is 6.92 Å². The Kier molecular flexibility index (Phi) is 4.81. The first-order valence-corrected chi connectivity index (χ1v) is 3.71. The van der Waals surface area contributed by atoms with Crippen LogP contribution in [0.5, 0.6) is 0 Å². The van der Waals surface area contributed by atoms with E-state index < -0.39 is 18.1 Å². The second-order valence-corrected chi connectivity index (χ2v) is 2.48. The molecule has 0 aromatic carbocycles. The van der Waals surface area contributed by atoms with Gasteiger partial charge in [0.2, 0.25) is 5.91 Å². The summed E-state index contributed by atoms with van der Waals surface area (Å²) < 4.78 is 0. The molecule has 4 heteroatoms. The molecule has 0 aliphatic carbocycles. The minimum absolute atomic E-state index is 0.209. The minimum Gasteiger partial charge on any atom is -0.391 e. The fourth-order valence-electron chi connectivity index (χ4n) is 0.510. The van der Waals surface area contributed by atoms with Crippen molar-refractivity contribution in [1.29, 1.82) is 0 Å². The third-order valence-electron chi connectivity index (χ3n) is 1.36. The molecule has 0 saturated carbocycles. The summed E-state index contributed by atoms with van der Waals surface area (Å²) in [6.45, 7) is 3.41. The molecule has 66 valence electrons. The molecule has 3 N–H and O–H groups in total. The quantitative estimate of drug-likeness (QED) is 0.508. The van der Waals surface area contributed by atoms with Gasteiger partial charge in [0.1, 0.15) is 6.10 Å². The summed E-state index contributed by atoms with van der Waals surface area (Å²) in [6.07, 6.45) is -0.920. The van der Waals surface area contributed by atoms with Crippen LogP contribution in [0.4, 0.5) is 0 Å². The molecule has 1 amide bonds. The lowest BCUT2D eigenvalue weighted by molar-refractivity contribution is -0.128. The number of rotatable bonds is 4. The average molecular weight is 161 g/mol. The topological polar surface area (TPSA) is 69.6 Å². The molecular formula is C7H15NO3. The molecule has 0 aliphatic heterocycles. The van der Waals surface area contributed by atoms with Gasteiger partial charge in [0.15, 0.2) is 0 Å². The number of carbonyl (C=O) groups excluding carboxylic acids is 1. The van der Waals surface area contributed by atoms with Gasteiger partial charge in [0.05, 0.1) is 6.10 Å². The lowest BCUT2D eigenvalue weighted by Gasteiger charge is -2.10. The fourth-order valence-corrected chi connectivity index (χ4v) is 0.510. The molecule has 0 heterocycles. The maximum atomic E-state index is 10.7. The molecule has 0 aromatic heterocycles. The Bertz CT molecular complexity index is 125. The van der Waals surface area contributed by atoms with E-state index in [0.29, 0.717) is 6.42 Å². The normalized spacial score (nSPS) is 15.6. The first kappa shape index (κ1) is 10.4. The molecule has 0 radical (unpaired) electrons. The van der Waals surface area contributed by atoms with Gasteiger partial charge in [-0.2, -0.15) is 0 Å². The van der Waals surface area contributed by atoms with Crippen LogP contribution >= 0.6 is 0 Å². The van der Waals surface area contributed by atoms with E-state index in [-0.39, 0.29) is 6.54 Å². The molecule has 0 spiro atoms. The van der Waals surface area contributed by atoms with Gasteiger partial charge >= 0.3 is 0 Å². The molecule has 0 fully saturated rings. The van der Waals surface area contributed by atoms with Crippen molar-refractivity contribution in [3.8, 4) is 0 Å². The van der Waals surface area contributed by atoms with Crippen molar-refractivity contribution in [3.63, 3.8) is 0 Å². The summed E-state index contributed by atoms with van der Waals surface area (Å²) in [6, 6.07) is 0. The zero-order valence-electron chi connectivity index (χ0n) is 6.87. The van der Waals surface area contributed by atoms with Gasteiger partial charge in [-0.15, -0.1) is 0 Å². The van der Waals surface area contributed by atoms with Crippen LogP contribution in [0.3, 0.4) is 0 Å². The SMILES string of the molecule is CCC(O)CNC(=O)[C@@H](C)O. The second kappa shape index (κ2) is 5.09. The molecule has 11 heavy (non-hydrogen) atoms. The Labute approximate surface area is 66.2 Å². The number of hydrogen-bond acceptors (Lipinski definition) is 3. The third-order valence-corrected chi connectivity index (χ3v) is 1.36. The number of hydrogen-bond donors (Lipinski definition) is 3. The van der Waals surface area contributed by atoms with E-state index in [9.17, 15) is 4.79 Å². The van der Waals surface area contributed by atoms with Crippen LogP contribution in [0.2, 0.25) is 0 Å². The molecule has 0 aliphatic rings. The molecule has 0 aromatic rings. The highest BCUT2D eigenvalue weighted by Gasteiger charge is 2.09. The smallest absolute Gasteiger partial charge is 0.248 e. The maximum absolute atomic E-state index is 10.7. The third kappa shape index (κ3) is 4.75. The van der Waals surface area contributed by atoms with Gasteiger partial charge in [0, 0.05) is 6.54 Å². The zero-order valence-corrected chi connectivity index (χ0v) is 6.87. The van der Waals surface area contributed by atoms with Crippen molar-refractivity contribution >= 4 is 5.91 Å². The Morgan fingerprint density at radius 2 is 2.09 bits per heavy atom. The highest BCUT2D eigenvalue weighted by molar-refractivity contribution is 5.79. The minimum atomic E-state index is -1.00. The van der Waals surface area contributed by atoms with E-state index in [1.54, 1.807) is 0 Å². The molecule has 1 unspecified atom stereocenters. The number of nitrogens with one attached hydrogen (secondary N) is 1. The Balaban J connectivity index is 3.46. The molecule has 0 rings (SSSR count). The fraction of sp³-hybridized carbons (Fsp3) is 0.857. The van der Waals surface area contributed by atoms with Gasteiger partial charge in [-0.05, 0) is 13.3 Å². The van der Waals surface area contributed by atoms with Crippen molar-refractivity contribution in [3.05, 3.63) is 0 Å². The predicted octanol–water partition coefficient (Wildman–Crippen LogP) is -0.746. The van der Waals surface area contributed by atoms with E-state index in [1.807, 2.05) is 6.92 Å². The largest absolute Gasteiger partial charge is 0.391 e. The summed E-state index contributed by atoms with van der Waals surface area (Å²) in [5.41, 5.74) is 0. The van der Waals surface area contributed by atoms with Crippen molar-refractivity contribution in [2.45, 2.75) is 32.5 Å². The van der Waals surface area contributed by atoms with Gasteiger partial charge in [-0.25, -0.2) is 0 Å². The first-order chi connectivity index (χ1) is 5.07. The van der Waals surface area contributed by atoms with Gasteiger partial charge in [0.25, 0.3) is 0 Å². The van der Waals surface area contributed by atoms with Crippen LogP contribution in [-0.2, 0) is 4.79 Å². The zero-order chi connectivity index (χ0) is 8.85. The van der Waals surface area contributed by atoms with Crippen molar-refractivity contribution in [1.82, 2.24) is 5.32 Å². The van der Waals surface area contributed by atoms with Crippen LogP contribution in [0, 0.1) is 0 Å². The van der Waals surface area contributed by atoms with Crippen molar-refractivity contribution < 1.29 is 15.0 Å². The lowest BCUT2D eigenvalue weighted by atomic mass is 10.2. The van der Waals surface area contributed by atoms with Crippen LogP contribution in [0.1, 0.15) is 20.3 Å². The maximum Gasteiger partial charge on any atom is 0.248 e. The number of aliphatic hydroxyl groups is 2. The highest BCUT2D eigenvalue weighted by Crippen LogP contribution is 1.87. The summed E-state index contributed by atoms with van der Waals surface area (Å²) in [5, 5.41) is 20.1. The Morgan fingerprint density at radius 1 is 1.55 bits per heavy atom. The lowest BCUT2D eigenvalue weighted by Crippen LogP contribution is -2.37. The highest BCUT2D eigenvalue weighted by atomic mass is 16.3. The van der Waals surface area contributed by atoms with E-state index in [2.05, 4.69) is 5.32 Å². The van der Waals surface area contributed by atoms with E-state index in [4.69, 9.17) is 10.2 Å². The number of aliphatic hydroxyl groups excluding tert-OH is 2. The summed E-state index contributed by atoms with van der Waals surface area (Å²) in [5.74, 6) is -0.447. The standard InChI is InChI=1S/C7H15NO3/c1-3-6(10)4-8-7(11)5(2)9/h5-6,9-10H,3-4H2,1-2H3,(H,8,11)/t5-,6?/m1/s1. The van der Waals surface area contributed by atoms with Crippen LogP contribution in [-0.4, -0.2) is 34.9 Å². The van der Waals surface area contributed by atoms with Gasteiger partial charge in [-0.3, -0.25) is 4.79 Å². The number of carbonyl (C=O) groups is 1. The molecule has 2 atom stereocenters. The summed E-state index contributed by atoms with van der Waals surface area (Å²) >= 11 is 0.